The molecule has 2 N–H and O–H groups in total. The molecule has 0 aromatic rings. The average molecular weight is 601 g/mol. The number of aliphatic hydroxyl groups is 1. The lowest BCUT2D eigenvalue weighted by Gasteiger charge is -2.29. The fourth-order valence-corrected chi connectivity index (χ4v) is 4.73. The van der Waals surface area contributed by atoms with Crippen LogP contribution in [0.1, 0.15) is 110 Å². The summed E-state index contributed by atoms with van der Waals surface area (Å²) in [5.74, 6) is -0.222. The second-order valence-corrected chi connectivity index (χ2v) is 13.2. The molecular weight excluding hydrogens is 539 g/mol. The summed E-state index contributed by atoms with van der Waals surface area (Å²) < 4.78 is 22.9. The zero-order chi connectivity index (χ0) is 30.8. The quantitative estimate of drug-likeness (QED) is 0.0476. The number of aliphatic hydroxyl groups excluding tert-OH is 1. The van der Waals surface area contributed by atoms with Crippen LogP contribution in [0, 0.1) is 0 Å². The summed E-state index contributed by atoms with van der Waals surface area (Å²) in [7, 11) is 1.22. The number of carbonyl (C=O) groups is 1. The number of carbonyl (C=O) groups excluding carboxylic acids is 1. The Hall–Kier alpha value is -1.28. The van der Waals surface area contributed by atoms with E-state index in [4.69, 9.17) is 9.05 Å². The Bertz CT molecular complexity index is 779. The lowest BCUT2D eigenvalue weighted by atomic mass is 10.1. The SMILES string of the molecule is CC/C=C/CC/C=C/CC/C=C/C(O)C(COP(=O)([O-])OCC[N+](C)(C)C)NC(=O)CCCCCCCCCCC. The third-order valence-corrected chi connectivity index (χ3v) is 7.56. The molecule has 8 nitrogen and oxygen atoms in total. The van der Waals surface area contributed by atoms with Crippen molar-refractivity contribution in [1.82, 2.24) is 5.32 Å². The standard InChI is InChI=1S/C32H61N2O6P/c1-6-8-10-12-14-16-18-19-21-23-25-31(35)30(29-40-41(37,38)39-28-27-34(3,4)5)33-32(36)26-24-22-20-17-15-13-11-9-7-2/h8,10,16,18,23,25,30-31,35H,6-7,9,11-15,17,19-22,24,26-29H2,1-5H3,(H-,33,36,37,38)/b10-8+,18-16+,25-23+. The minimum atomic E-state index is -4.58. The minimum absolute atomic E-state index is 0.00915. The second kappa shape index (κ2) is 25.2. The smallest absolute Gasteiger partial charge is 0.268 e. The van der Waals surface area contributed by atoms with Gasteiger partial charge >= 0.3 is 0 Å². The van der Waals surface area contributed by atoms with Gasteiger partial charge in [0.1, 0.15) is 13.2 Å². The van der Waals surface area contributed by atoms with Gasteiger partial charge in [0, 0.05) is 6.42 Å². The first kappa shape index (κ1) is 39.7. The largest absolute Gasteiger partial charge is 0.756 e. The van der Waals surface area contributed by atoms with Gasteiger partial charge in [-0.05, 0) is 38.5 Å². The predicted octanol–water partition coefficient (Wildman–Crippen LogP) is 6.60. The maximum absolute atomic E-state index is 12.6. The molecule has 0 fully saturated rings. The maximum atomic E-state index is 12.6. The van der Waals surface area contributed by atoms with E-state index in [1.165, 1.54) is 38.5 Å². The van der Waals surface area contributed by atoms with Gasteiger partial charge in [0.15, 0.2) is 0 Å². The molecule has 9 heteroatoms. The molecule has 0 aromatic heterocycles. The first-order valence-corrected chi connectivity index (χ1v) is 17.3. The zero-order valence-electron chi connectivity index (χ0n) is 26.7. The Morgan fingerprint density at radius 1 is 0.854 bits per heavy atom. The van der Waals surface area contributed by atoms with E-state index in [0.717, 1.165) is 51.4 Å². The Balaban J connectivity index is 4.75. The van der Waals surface area contributed by atoms with Crippen molar-refractivity contribution >= 4 is 13.7 Å². The third kappa shape index (κ3) is 27.3. The summed E-state index contributed by atoms with van der Waals surface area (Å²) in [5, 5.41) is 13.5. The van der Waals surface area contributed by atoms with Crippen LogP contribution in [0.3, 0.4) is 0 Å². The number of phosphoric acid groups is 1. The summed E-state index contributed by atoms with van der Waals surface area (Å²) in [6.07, 6.45) is 26.3. The number of phosphoric ester groups is 1. The van der Waals surface area contributed by atoms with E-state index in [1.54, 1.807) is 6.08 Å². The highest BCUT2D eigenvalue weighted by Gasteiger charge is 2.23. The molecule has 240 valence electrons. The van der Waals surface area contributed by atoms with Gasteiger partial charge in [-0.2, -0.15) is 0 Å². The highest BCUT2D eigenvalue weighted by atomic mass is 31.2. The number of rotatable bonds is 27. The maximum Gasteiger partial charge on any atom is 0.268 e. The van der Waals surface area contributed by atoms with Crippen molar-refractivity contribution in [3.05, 3.63) is 36.5 Å². The number of quaternary nitrogens is 1. The number of allylic oxidation sites excluding steroid dienone is 5. The van der Waals surface area contributed by atoms with Gasteiger partial charge in [-0.3, -0.25) is 9.36 Å². The van der Waals surface area contributed by atoms with Gasteiger partial charge < -0.3 is 28.8 Å². The molecule has 3 unspecified atom stereocenters. The van der Waals surface area contributed by atoms with E-state index in [1.807, 2.05) is 27.2 Å². The molecule has 0 aromatic carbocycles. The Labute approximate surface area is 251 Å². The molecule has 0 heterocycles. The monoisotopic (exact) mass is 600 g/mol. The van der Waals surface area contributed by atoms with Gasteiger partial charge in [0.25, 0.3) is 7.82 Å². The Kier molecular flexibility index (Phi) is 24.5. The van der Waals surface area contributed by atoms with Crippen LogP contribution >= 0.6 is 7.82 Å². The molecule has 0 bridgehead atoms. The van der Waals surface area contributed by atoms with E-state index in [-0.39, 0.29) is 12.5 Å². The van der Waals surface area contributed by atoms with Crippen LogP contribution in [0.15, 0.2) is 36.5 Å². The number of likely N-dealkylation sites (N-methyl/N-ethyl adjacent to an activating group) is 1. The summed E-state index contributed by atoms with van der Waals surface area (Å²) in [6, 6.07) is -0.900. The van der Waals surface area contributed by atoms with E-state index >= 15 is 0 Å². The van der Waals surface area contributed by atoms with E-state index in [9.17, 15) is 19.4 Å². The van der Waals surface area contributed by atoms with Crippen molar-refractivity contribution < 1.29 is 32.9 Å². The zero-order valence-corrected chi connectivity index (χ0v) is 27.6. The number of hydrogen-bond acceptors (Lipinski definition) is 6. The summed E-state index contributed by atoms with van der Waals surface area (Å²) in [6.45, 7) is 4.42. The first-order chi connectivity index (χ1) is 19.5. The van der Waals surface area contributed by atoms with Gasteiger partial charge in [0.05, 0.1) is 39.9 Å². The number of amides is 1. The lowest BCUT2D eigenvalue weighted by molar-refractivity contribution is -0.870. The predicted molar refractivity (Wildman–Crippen MR) is 168 cm³/mol. The normalized spacial score (nSPS) is 15.6. The highest BCUT2D eigenvalue weighted by molar-refractivity contribution is 7.45. The van der Waals surface area contributed by atoms with Crippen molar-refractivity contribution in [2.75, 3.05) is 40.9 Å². The van der Waals surface area contributed by atoms with Gasteiger partial charge in [-0.15, -0.1) is 0 Å². The summed E-state index contributed by atoms with van der Waals surface area (Å²) >= 11 is 0. The lowest BCUT2D eigenvalue weighted by Crippen LogP contribution is -2.45. The van der Waals surface area contributed by atoms with Crippen LogP contribution in [0.2, 0.25) is 0 Å². The van der Waals surface area contributed by atoms with E-state index in [2.05, 4.69) is 43.5 Å². The molecule has 0 aliphatic rings. The summed E-state index contributed by atoms with van der Waals surface area (Å²) in [4.78, 5) is 24.9. The van der Waals surface area contributed by atoms with E-state index in [0.29, 0.717) is 17.4 Å². The molecule has 41 heavy (non-hydrogen) atoms. The number of hydrogen-bond donors (Lipinski definition) is 2. The fraction of sp³-hybridized carbons (Fsp3) is 0.781. The fourth-order valence-electron chi connectivity index (χ4n) is 4.01. The van der Waals surface area contributed by atoms with Gasteiger partial charge in [-0.1, -0.05) is 102 Å². The van der Waals surface area contributed by atoms with Crippen LogP contribution in [-0.2, 0) is 18.4 Å². The third-order valence-electron chi connectivity index (χ3n) is 6.59. The molecular formula is C32H61N2O6P. The van der Waals surface area contributed by atoms with Crippen LogP contribution in [0.5, 0.6) is 0 Å². The van der Waals surface area contributed by atoms with Crippen molar-refractivity contribution in [3.63, 3.8) is 0 Å². The Morgan fingerprint density at radius 2 is 1.39 bits per heavy atom. The molecule has 0 aliphatic heterocycles. The van der Waals surface area contributed by atoms with Gasteiger partial charge in [0.2, 0.25) is 5.91 Å². The van der Waals surface area contributed by atoms with Crippen LogP contribution < -0.4 is 10.2 Å². The highest BCUT2D eigenvalue weighted by Crippen LogP contribution is 2.38. The topological polar surface area (TPSA) is 108 Å². The van der Waals surface area contributed by atoms with Crippen molar-refractivity contribution in [3.8, 4) is 0 Å². The molecule has 0 spiro atoms. The summed E-state index contributed by atoms with van der Waals surface area (Å²) in [5.41, 5.74) is 0. The molecule has 0 rings (SSSR count). The van der Waals surface area contributed by atoms with Crippen LogP contribution in [-0.4, -0.2) is 68.5 Å². The second-order valence-electron chi connectivity index (χ2n) is 11.8. The van der Waals surface area contributed by atoms with Crippen LogP contribution in [0.25, 0.3) is 0 Å². The number of nitrogens with one attached hydrogen (secondary N) is 1. The molecule has 0 radical (unpaired) electrons. The van der Waals surface area contributed by atoms with Gasteiger partial charge in [-0.25, -0.2) is 0 Å². The minimum Gasteiger partial charge on any atom is -0.756 e. The number of unbranched alkanes of at least 4 members (excludes halogenated alkanes) is 10. The molecule has 3 atom stereocenters. The Morgan fingerprint density at radius 3 is 1.95 bits per heavy atom. The molecule has 0 saturated carbocycles. The molecule has 0 aliphatic carbocycles. The van der Waals surface area contributed by atoms with Crippen LogP contribution in [0.4, 0.5) is 0 Å². The van der Waals surface area contributed by atoms with Crippen molar-refractivity contribution in [2.45, 2.75) is 122 Å². The average Bonchev–Trinajstić information content (AvgIpc) is 2.90. The van der Waals surface area contributed by atoms with Crippen molar-refractivity contribution in [1.29, 1.82) is 0 Å². The first-order valence-electron chi connectivity index (χ1n) is 15.9. The number of nitrogens with zero attached hydrogens (tertiary/aromatic N) is 1. The van der Waals surface area contributed by atoms with E-state index < -0.39 is 26.6 Å². The van der Waals surface area contributed by atoms with Crippen molar-refractivity contribution in [2.24, 2.45) is 0 Å². The molecule has 0 saturated heterocycles. The molecule has 1 amide bonds.